The number of nitrogens with zero attached hydrogens (tertiary/aromatic N) is 1. The lowest BCUT2D eigenvalue weighted by Gasteiger charge is -2.07. The maximum atomic E-state index is 13.9. The average Bonchev–Trinajstić information content (AvgIpc) is 2.44. The molecule has 6 heteroatoms. The van der Waals surface area contributed by atoms with E-state index in [9.17, 15) is 13.6 Å². The molecule has 0 saturated heterocycles. The Bertz CT molecular complexity index is 877. The molecule has 1 N–H and O–H groups in total. The van der Waals surface area contributed by atoms with E-state index in [1.54, 1.807) is 24.3 Å². The normalized spacial score (nSPS) is 10.9. The summed E-state index contributed by atoms with van der Waals surface area (Å²) in [4.78, 5) is 18.5. The molecule has 0 bridgehead atoms. The predicted molar refractivity (Wildman–Crippen MR) is 72.7 cm³/mol. The first-order valence-corrected chi connectivity index (χ1v) is 6.08. The van der Waals surface area contributed by atoms with Crippen LogP contribution in [0.15, 0.2) is 41.2 Å². The van der Waals surface area contributed by atoms with Gasteiger partial charge in [-0.05, 0) is 24.3 Å². The fraction of sp³-hybridized carbons (Fsp3) is 0. The Balaban J connectivity index is 2.36. The Morgan fingerprint density at radius 3 is 2.65 bits per heavy atom. The predicted octanol–water partition coefficient (Wildman–Crippen LogP) is 3.52. The van der Waals surface area contributed by atoms with Crippen LogP contribution < -0.4 is 5.56 Å². The molecule has 0 aliphatic rings. The molecule has 3 nitrogen and oxygen atoms in total. The minimum atomic E-state index is -1.14. The van der Waals surface area contributed by atoms with Crippen molar-refractivity contribution in [3.63, 3.8) is 0 Å². The number of benzene rings is 2. The lowest BCUT2D eigenvalue weighted by Crippen LogP contribution is -2.10. The Morgan fingerprint density at radius 2 is 1.85 bits per heavy atom. The number of hydrogen-bond acceptors (Lipinski definition) is 2. The van der Waals surface area contributed by atoms with Crippen LogP contribution in [-0.2, 0) is 0 Å². The van der Waals surface area contributed by atoms with Crippen LogP contribution in [0.25, 0.3) is 22.3 Å². The van der Waals surface area contributed by atoms with Gasteiger partial charge < -0.3 is 4.98 Å². The van der Waals surface area contributed by atoms with Crippen molar-refractivity contribution in [2.75, 3.05) is 0 Å². The topological polar surface area (TPSA) is 45.8 Å². The summed E-state index contributed by atoms with van der Waals surface area (Å²) in [7, 11) is 0. The summed E-state index contributed by atoms with van der Waals surface area (Å²) in [5, 5.41) is 0.339. The van der Waals surface area contributed by atoms with Crippen LogP contribution in [0.4, 0.5) is 8.78 Å². The third-order valence-electron chi connectivity index (χ3n) is 2.89. The van der Waals surface area contributed by atoms with E-state index in [1.807, 2.05) is 0 Å². The van der Waals surface area contributed by atoms with E-state index in [1.165, 1.54) is 6.07 Å². The van der Waals surface area contributed by atoms with Gasteiger partial charge >= 0.3 is 0 Å². The van der Waals surface area contributed by atoms with E-state index in [-0.39, 0.29) is 16.4 Å². The smallest absolute Gasteiger partial charge is 0.259 e. The van der Waals surface area contributed by atoms with Crippen molar-refractivity contribution < 1.29 is 8.78 Å². The summed E-state index contributed by atoms with van der Waals surface area (Å²) >= 11 is 5.87. The van der Waals surface area contributed by atoms with E-state index < -0.39 is 17.2 Å². The molecule has 3 rings (SSSR count). The molecular weight excluding hydrogens is 286 g/mol. The zero-order chi connectivity index (χ0) is 14.3. The van der Waals surface area contributed by atoms with Gasteiger partial charge in [0.05, 0.1) is 21.5 Å². The molecule has 1 heterocycles. The largest absolute Gasteiger partial charge is 0.306 e. The lowest BCUT2D eigenvalue weighted by atomic mass is 10.1. The first-order chi connectivity index (χ1) is 9.58. The molecule has 0 amide bonds. The van der Waals surface area contributed by atoms with Crippen LogP contribution in [0.2, 0.25) is 5.02 Å². The van der Waals surface area contributed by atoms with Crippen LogP contribution in [-0.4, -0.2) is 9.97 Å². The van der Waals surface area contributed by atoms with Crippen molar-refractivity contribution in [1.82, 2.24) is 9.97 Å². The molecule has 2 aromatic carbocycles. The van der Waals surface area contributed by atoms with E-state index in [4.69, 9.17) is 11.6 Å². The molecule has 0 spiro atoms. The van der Waals surface area contributed by atoms with E-state index in [0.717, 1.165) is 6.07 Å². The third-order valence-corrected chi connectivity index (χ3v) is 3.21. The number of fused-ring (bicyclic) bond motifs is 1. The number of para-hydroxylation sites is 1. The number of aromatic amines is 1. The van der Waals surface area contributed by atoms with Gasteiger partial charge in [-0.15, -0.1) is 0 Å². The number of rotatable bonds is 1. The standard InChI is InChI=1S/C14H7ClF2N2O/c15-8-5-6-9(16)12(17)11(8)13-18-10-4-2-1-3-7(10)14(20)19-13/h1-6H,(H,18,19,20). The summed E-state index contributed by atoms with van der Waals surface area (Å²) in [6.07, 6.45) is 0. The van der Waals surface area contributed by atoms with Gasteiger partial charge in [0.25, 0.3) is 5.56 Å². The van der Waals surface area contributed by atoms with Crippen molar-refractivity contribution in [3.8, 4) is 11.4 Å². The lowest BCUT2D eigenvalue weighted by molar-refractivity contribution is 0.510. The zero-order valence-electron chi connectivity index (χ0n) is 9.95. The highest BCUT2D eigenvalue weighted by Gasteiger charge is 2.17. The van der Waals surface area contributed by atoms with Crippen LogP contribution in [0.3, 0.4) is 0 Å². The Kier molecular flexibility index (Phi) is 2.99. The highest BCUT2D eigenvalue weighted by molar-refractivity contribution is 6.33. The molecule has 20 heavy (non-hydrogen) atoms. The second-order valence-electron chi connectivity index (χ2n) is 4.15. The summed E-state index contributed by atoms with van der Waals surface area (Å²) in [5.41, 5.74) is -0.314. The van der Waals surface area contributed by atoms with Gasteiger partial charge in [-0.1, -0.05) is 23.7 Å². The molecule has 0 saturated carbocycles. The molecule has 0 fully saturated rings. The minimum absolute atomic E-state index is 0.0256. The van der Waals surface area contributed by atoms with Crippen molar-refractivity contribution in [1.29, 1.82) is 0 Å². The molecule has 0 unspecified atom stereocenters. The molecule has 0 atom stereocenters. The van der Waals surface area contributed by atoms with E-state index >= 15 is 0 Å². The van der Waals surface area contributed by atoms with Gasteiger partial charge in [0.2, 0.25) is 0 Å². The van der Waals surface area contributed by atoms with Gasteiger partial charge in [0, 0.05) is 0 Å². The molecule has 100 valence electrons. The SMILES string of the molecule is O=c1[nH]c(-c2c(Cl)ccc(F)c2F)nc2ccccc12. The molecule has 3 aromatic rings. The van der Waals surface area contributed by atoms with Crippen LogP contribution in [0.5, 0.6) is 0 Å². The fourth-order valence-corrected chi connectivity index (χ4v) is 2.18. The van der Waals surface area contributed by atoms with Crippen molar-refractivity contribution in [2.45, 2.75) is 0 Å². The molecule has 0 aliphatic carbocycles. The van der Waals surface area contributed by atoms with Crippen LogP contribution >= 0.6 is 11.6 Å². The van der Waals surface area contributed by atoms with Crippen molar-refractivity contribution >= 4 is 22.5 Å². The number of nitrogens with one attached hydrogen (secondary N) is 1. The van der Waals surface area contributed by atoms with Gasteiger partial charge in [-0.3, -0.25) is 4.79 Å². The quantitative estimate of drug-likeness (QED) is 0.698. The highest BCUT2D eigenvalue weighted by atomic mass is 35.5. The maximum Gasteiger partial charge on any atom is 0.259 e. The molecular formula is C14H7ClF2N2O. The maximum absolute atomic E-state index is 13.9. The average molecular weight is 293 g/mol. The summed E-state index contributed by atoms with van der Waals surface area (Å²) in [5.74, 6) is -2.30. The van der Waals surface area contributed by atoms with Crippen LogP contribution in [0.1, 0.15) is 0 Å². The summed E-state index contributed by atoms with van der Waals surface area (Å²) in [6.45, 7) is 0. The number of halogens is 3. The first-order valence-electron chi connectivity index (χ1n) is 5.71. The molecule has 1 aromatic heterocycles. The second kappa shape index (κ2) is 4.68. The highest BCUT2D eigenvalue weighted by Crippen LogP contribution is 2.29. The minimum Gasteiger partial charge on any atom is -0.306 e. The Hall–Kier alpha value is -2.27. The van der Waals surface area contributed by atoms with Crippen molar-refractivity contribution in [3.05, 3.63) is 63.4 Å². The van der Waals surface area contributed by atoms with Gasteiger partial charge in [0.1, 0.15) is 5.82 Å². The van der Waals surface area contributed by atoms with Gasteiger partial charge in [-0.2, -0.15) is 0 Å². The van der Waals surface area contributed by atoms with Crippen molar-refractivity contribution in [2.24, 2.45) is 0 Å². The van der Waals surface area contributed by atoms with Crippen LogP contribution in [0, 0.1) is 11.6 Å². The molecule has 0 aliphatic heterocycles. The first kappa shape index (κ1) is 12.7. The van der Waals surface area contributed by atoms with Gasteiger partial charge in [-0.25, -0.2) is 13.8 Å². The van der Waals surface area contributed by atoms with E-state index in [0.29, 0.717) is 10.9 Å². The van der Waals surface area contributed by atoms with Gasteiger partial charge in [0.15, 0.2) is 11.6 Å². The number of aromatic nitrogens is 2. The summed E-state index contributed by atoms with van der Waals surface area (Å²) in [6, 6.07) is 8.72. The second-order valence-corrected chi connectivity index (χ2v) is 4.56. The fourth-order valence-electron chi connectivity index (χ4n) is 1.95. The van der Waals surface area contributed by atoms with E-state index in [2.05, 4.69) is 9.97 Å². The Labute approximate surface area is 116 Å². The number of H-pyrrole nitrogens is 1. The zero-order valence-corrected chi connectivity index (χ0v) is 10.7. The Morgan fingerprint density at radius 1 is 1.10 bits per heavy atom. The summed E-state index contributed by atoms with van der Waals surface area (Å²) < 4.78 is 27.2. The third kappa shape index (κ3) is 1.96. The monoisotopic (exact) mass is 292 g/mol. The number of hydrogen-bond donors (Lipinski definition) is 1. The molecule has 0 radical (unpaired) electrons.